The third kappa shape index (κ3) is 2.88. The van der Waals surface area contributed by atoms with Gasteiger partial charge in [-0.3, -0.25) is 10.1 Å². The van der Waals surface area contributed by atoms with E-state index in [0.717, 1.165) is 9.35 Å². The van der Waals surface area contributed by atoms with Gasteiger partial charge in [0, 0.05) is 16.6 Å². The number of amides is 1. The molecule has 0 spiro atoms. The first-order chi connectivity index (χ1) is 8.60. The lowest BCUT2D eigenvalue weighted by atomic mass is 10.2. The highest BCUT2D eigenvalue weighted by Crippen LogP contribution is 2.26. The first-order valence-electron chi connectivity index (χ1n) is 5.17. The molecule has 0 atom stereocenters. The number of ether oxygens (including phenoxy) is 1. The lowest BCUT2D eigenvalue weighted by Gasteiger charge is -2.05. The van der Waals surface area contributed by atoms with E-state index in [0.29, 0.717) is 16.4 Å². The summed E-state index contributed by atoms with van der Waals surface area (Å²) in [6, 6.07) is 5.17. The third-order valence-corrected chi connectivity index (χ3v) is 3.70. The van der Waals surface area contributed by atoms with Crippen LogP contribution in [0, 0.1) is 6.92 Å². The predicted octanol–water partition coefficient (Wildman–Crippen LogP) is 3.47. The molecule has 0 unspecified atom stereocenters. The van der Waals surface area contributed by atoms with Crippen LogP contribution in [0.5, 0.6) is 5.75 Å². The lowest BCUT2D eigenvalue weighted by Crippen LogP contribution is -2.11. The summed E-state index contributed by atoms with van der Waals surface area (Å²) in [4.78, 5) is 17.1. The SMILES string of the molecule is COc1ccc(C(=O)Nc2ncc(C)s2)cc1Br. The van der Waals surface area contributed by atoms with Crippen LogP contribution >= 0.6 is 27.3 Å². The van der Waals surface area contributed by atoms with Crippen LogP contribution in [0.1, 0.15) is 15.2 Å². The van der Waals surface area contributed by atoms with Crippen molar-refractivity contribution in [2.75, 3.05) is 12.4 Å². The number of aromatic nitrogens is 1. The molecule has 1 aromatic heterocycles. The number of hydrogen-bond acceptors (Lipinski definition) is 4. The van der Waals surface area contributed by atoms with Crippen molar-refractivity contribution < 1.29 is 9.53 Å². The summed E-state index contributed by atoms with van der Waals surface area (Å²) in [5, 5.41) is 3.35. The number of nitrogens with one attached hydrogen (secondary N) is 1. The smallest absolute Gasteiger partial charge is 0.257 e. The molecule has 0 saturated carbocycles. The molecule has 0 saturated heterocycles. The lowest BCUT2D eigenvalue weighted by molar-refractivity contribution is 0.102. The summed E-state index contributed by atoms with van der Waals surface area (Å²) >= 11 is 4.79. The van der Waals surface area contributed by atoms with Gasteiger partial charge in [0.1, 0.15) is 5.75 Å². The molecule has 1 N–H and O–H groups in total. The van der Waals surface area contributed by atoms with Crippen LogP contribution in [0.4, 0.5) is 5.13 Å². The van der Waals surface area contributed by atoms with E-state index < -0.39 is 0 Å². The molecule has 94 valence electrons. The Hall–Kier alpha value is -1.40. The average Bonchev–Trinajstić information content (AvgIpc) is 2.74. The van der Waals surface area contributed by atoms with E-state index in [1.165, 1.54) is 11.3 Å². The van der Waals surface area contributed by atoms with Crippen LogP contribution in [0.25, 0.3) is 0 Å². The molecule has 0 bridgehead atoms. The summed E-state index contributed by atoms with van der Waals surface area (Å²) < 4.78 is 5.86. The van der Waals surface area contributed by atoms with E-state index >= 15 is 0 Å². The molecule has 4 nitrogen and oxygen atoms in total. The van der Waals surface area contributed by atoms with E-state index in [-0.39, 0.29) is 5.91 Å². The molecular weight excluding hydrogens is 316 g/mol. The maximum absolute atomic E-state index is 12.0. The van der Waals surface area contributed by atoms with Crippen LogP contribution in [0.3, 0.4) is 0 Å². The molecule has 0 aliphatic heterocycles. The number of rotatable bonds is 3. The Morgan fingerprint density at radius 1 is 1.50 bits per heavy atom. The van der Waals surface area contributed by atoms with Crippen molar-refractivity contribution in [3.8, 4) is 5.75 Å². The van der Waals surface area contributed by atoms with E-state index in [1.807, 2.05) is 6.92 Å². The van der Waals surface area contributed by atoms with Crippen LogP contribution < -0.4 is 10.1 Å². The van der Waals surface area contributed by atoms with Crippen molar-refractivity contribution in [2.45, 2.75) is 6.92 Å². The molecule has 0 aliphatic carbocycles. The van der Waals surface area contributed by atoms with Gasteiger partial charge in [0.15, 0.2) is 5.13 Å². The first kappa shape index (κ1) is 13.0. The molecule has 2 aromatic rings. The topological polar surface area (TPSA) is 51.2 Å². The van der Waals surface area contributed by atoms with Gasteiger partial charge in [-0.2, -0.15) is 0 Å². The van der Waals surface area contributed by atoms with Gasteiger partial charge in [-0.15, -0.1) is 11.3 Å². The molecule has 1 amide bonds. The fourth-order valence-corrected chi connectivity index (χ4v) is 2.59. The van der Waals surface area contributed by atoms with Gasteiger partial charge in [-0.1, -0.05) is 0 Å². The van der Waals surface area contributed by atoms with Gasteiger partial charge in [0.25, 0.3) is 5.91 Å². The van der Waals surface area contributed by atoms with Crippen molar-refractivity contribution in [3.63, 3.8) is 0 Å². The number of methoxy groups -OCH3 is 1. The predicted molar refractivity (Wildman–Crippen MR) is 75.5 cm³/mol. The Kier molecular flexibility index (Phi) is 3.98. The summed E-state index contributed by atoms with van der Waals surface area (Å²) in [5.74, 6) is 0.504. The summed E-state index contributed by atoms with van der Waals surface area (Å²) in [6.45, 7) is 1.94. The molecule has 0 fully saturated rings. The van der Waals surface area contributed by atoms with E-state index in [1.54, 1.807) is 31.5 Å². The highest BCUT2D eigenvalue weighted by atomic mass is 79.9. The number of aryl methyl sites for hydroxylation is 1. The maximum atomic E-state index is 12.0. The molecule has 18 heavy (non-hydrogen) atoms. The Labute approximate surface area is 117 Å². The monoisotopic (exact) mass is 326 g/mol. The van der Waals surface area contributed by atoms with Gasteiger partial charge in [0.05, 0.1) is 11.6 Å². The highest BCUT2D eigenvalue weighted by Gasteiger charge is 2.10. The third-order valence-electron chi connectivity index (χ3n) is 2.26. The Balaban J connectivity index is 2.16. The van der Waals surface area contributed by atoms with Gasteiger partial charge in [-0.05, 0) is 41.1 Å². The molecule has 1 aromatic carbocycles. The zero-order valence-corrected chi connectivity index (χ0v) is 12.3. The number of thiazole rings is 1. The van der Waals surface area contributed by atoms with Gasteiger partial charge < -0.3 is 4.74 Å². The van der Waals surface area contributed by atoms with E-state index in [4.69, 9.17) is 4.74 Å². The molecule has 6 heteroatoms. The zero-order chi connectivity index (χ0) is 13.1. The Morgan fingerprint density at radius 3 is 2.83 bits per heavy atom. The number of benzene rings is 1. The molecule has 0 radical (unpaired) electrons. The zero-order valence-electron chi connectivity index (χ0n) is 9.86. The van der Waals surface area contributed by atoms with Crippen molar-refractivity contribution in [2.24, 2.45) is 0 Å². The number of halogens is 1. The summed E-state index contributed by atoms with van der Waals surface area (Å²) in [7, 11) is 1.58. The van der Waals surface area contributed by atoms with Crippen molar-refractivity contribution >= 4 is 38.3 Å². The Bertz CT molecular complexity index is 583. The number of anilines is 1. The summed E-state index contributed by atoms with van der Waals surface area (Å²) in [6.07, 6.45) is 1.73. The highest BCUT2D eigenvalue weighted by molar-refractivity contribution is 9.10. The van der Waals surface area contributed by atoms with Gasteiger partial charge in [-0.25, -0.2) is 4.98 Å². The van der Waals surface area contributed by atoms with Gasteiger partial charge >= 0.3 is 0 Å². The standard InChI is InChI=1S/C12H11BrN2O2S/c1-7-6-14-12(18-7)15-11(16)8-3-4-10(17-2)9(13)5-8/h3-6H,1-2H3,(H,14,15,16). The minimum atomic E-state index is -0.187. The maximum Gasteiger partial charge on any atom is 0.257 e. The van der Waals surface area contributed by atoms with Crippen molar-refractivity contribution in [3.05, 3.63) is 39.3 Å². The number of nitrogens with zero attached hydrogens (tertiary/aromatic N) is 1. The average molecular weight is 327 g/mol. The second kappa shape index (κ2) is 5.49. The minimum Gasteiger partial charge on any atom is -0.496 e. The van der Waals surface area contributed by atoms with Crippen molar-refractivity contribution in [1.29, 1.82) is 0 Å². The second-order valence-electron chi connectivity index (χ2n) is 3.58. The van der Waals surface area contributed by atoms with Crippen LogP contribution in [-0.2, 0) is 0 Å². The second-order valence-corrected chi connectivity index (χ2v) is 5.67. The fourth-order valence-electron chi connectivity index (χ4n) is 1.39. The first-order valence-corrected chi connectivity index (χ1v) is 6.78. The molecule has 2 rings (SSSR count). The van der Waals surface area contributed by atoms with Crippen molar-refractivity contribution in [1.82, 2.24) is 4.98 Å². The molecular formula is C12H11BrN2O2S. The van der Waals surface area contributed by atoms with E-state index in [2.05, 4.69) is 26.2 Å². The van der Waals surface area contributed by atoms with Crippen LogP contribution in [0.15, 0.2) is 28.9 Å². The minimum absolute atomic E-state index is 0.187. The molecule has 0 aliphatic rings. The number of hydrogen-bond donors (Lipinski definition) is 1. The van der Waals surface area contributed by atoms with Crippen LogP contribution in [-0.4, -0.2) is 18.0 Å². The van der Waals surface area contributed by atoms with Crippen LogP contribution in [0.2, 0.25) is 0 Å². The quantitative estimate of drug-likeness (QED) is 0.939. The normalized spacial score (nSPS) is 10.2. The summed E-state index contributed by atoms with van der Waals surface area (Å²) in [5.41, 5.74) is 0.551. The molecule has 1 heterocycles. The number of carbonyl (C=O) groups excluding carboxylic acids is 1. The van der Waals surface area contributed by atoms with E-state index in [9.17, 15) is 4.79 Å². The largest absolute Gasteiger partial charge is 0.496 e. The number of carbonyl (C=O) groups is 1. The fraction of sp³-hybridized carbons (Fsp3) is 0.167. The Morgan fingerprint density at radius 2 is 2.28 bits per heavy atom. The van der Waals surface area contributed by atoms with Gasteiger partial charge in [0.2, 0.25) is 0 Å².